The molecule has 8 nitrogen and oxygen atoms in total. The van der Waals surface area contributed by atoms with Gasteiger partial charge in [-0.2, -0.15) is 0 Å². The first-order chi connectivity index (χ1) is 13.0. The second-order valence-electron chi connectivity index (χ2n) is 5.94. The van der Waals surface area contributed by atoms with Gasteiger partial charge in [0.2, 0.25) is 15.9 Å². The van der Waals surface area contributed by atoms with Crippen LogP contribution in [0.15, 0.2) is 46.0 Å². The first-order valence-electron chi connectivity index (χ1n) is 8.84. The number of guanidine groups is 1. The Kier molecular flexibility index (Phi) is 10.5. The molecule has 0 bridgehead atoms. The van der Waals surface area contributed by atoms with Crippen molar-refractivity contribution in [3.05, 3.63) is 42.3 Å². The number of benzene rings is 1. The summed E-state index contributed by atoms with van der Waals surface area (Å²) in [6.07, 6.45) is 2.30. The number of nitrogens with one attached hydrogen (secondary N) is 2. The predicted octanol–water partition coefficient (Wildman–Crippen LogP) is 2.30. The molecule has 28 heavy (non-hydrogen) atoms. The summed E-state index contributed by atoms with van der Waals surface area (Å²) in [5, 5.41) is 6.33. The molecule has 2 N–H and O–H groups in total. The van der Waals surface area contributed by atoms with Crippen LogP contribution in [0.1, 0.15) is 19.0 Å². The summed E-state index contributed by atoms with van der Waals surface area (Å²) in [5.74, 6) is 1.32. The Hall–Kier alpha value is -1.66. The lowest BCUT2D eigenvalue weighted by molar-refractivity contribution is 0.461. The molecular formula is C18H28IN5O3S. The third kappa shape index (κ3) is 7.40. The highest BCUT2D eigenvalue weighted by Gasteiger charge is 2.14. The zero-order valence-corrected chi connectivity index (χ0v) is 19.5. The van der Waals surface area contributed by atoms with Crippen LogP contribution in [0.4, 0.5) is 0 Å². The fourth-order valence-corrected chi connectivity index (χ4v) is 3.21. The van der Waals surface area contributed by atoms with Gasteiger partial charge in [-0.15, -0.1) is 24.0 Å². The minimum atomic E-state index is -3.13. The highest BCUT2D eigenvalue weighted by Crippen LogP contribution is 2.17. The lowest BCUT2D eigenvalue weighted by atomic mass is 10.2. The van der Waals surface area contributed by atoms with Gasteiger partial charge >= 0.3 is 0 Å². The van der Waals surface area contributed by atoms with Crippen LogP contribution in [0.25, 0.3) is 11.5 Å². The van der Waals surface area contributed by atoms with Crippen LogP contribution in [-0.4, -0.2) is 56.6 Å². The fraction of sp³-hybridized carbons (Fsp3) is 0.444. The maximum absolute atomic E-state index is 11.7. The van der Waals surface area contributed by atoms with Crippen molar-refractivity contribution in [1.29, 1.82) is 0 Å². The number of hydrogen-bond acceptors (Lipinski definition) is 5. The van der Waals surface area contributed by atoms with Crippen molar-refractivity contribution in [1.82, 2.24) is 19.9 Å². The van der Waals surface area contributed by atoms with Gasteiger partial charge in [-0.05, 0) is 25.5 Å². The van der Waals surface area contributed by atoms with E-state index in [4.69, 9.17) is 4.42 Å². The quantitative estimate of drug-likeness (QED) is 0.228. The van der Waals surface area contributed by atoms with Crippen molar-refractivity contribution in [2.45, 2.75) is 19.9 Å². The van der Waals surface area contributed by atoms with Crippen molar-refractivity contribution >= 4 is 40.0 Å². The Morgan fingerprint density at radius 3 is 2.61 bits per heavy atom. The first-order valence-corrected chi connectivity index (χ1v) is 10.5. The molecular weight excluding hydrogens is 493 g/mol. The van der Waals surface area contributed by atoms with Gasteiger partial charge in [0.25, 0.3) is 0 Å². The monoisotopic (exact) mass is 521 g/mol. The van der Waals surface area contributed by atoms with E-state index in [2.05, 4.69) is 20.6 Å². The molecule has 0 amide bonds. The molecule has 0 saturated heterocycles. The molecule has 1 aromatic heterocycles. The number of nitrogens with zero attached hydrogens (tertiary/aromatic N) is 3. The second-order valence-corrected chi connectivity index (χ2v) is 8.30. The smallest absolute Gasteiger partial charge is 0.226 e. The molecule has 156 valence electrons. The lowest BCUT2D eigenvalue weighted by Gasteiger charge is -2.16. The average Bonchev–Trinajstić information content (AvgIpc) is 3.17. The zero-order chi connectivity index (χ0) is 19.7. The summed E-state index contributed by atoms with van der Waals surface area (Å²) in [6.45, 7) is 3.18. The zero-order valence-electron chi connectivity index (χ0n) is 16.4. The molecule has 1 aromatic carbocycles. The highest BCUT2D eigenvalue weighted by molar-refractivity contribution is 14.0. The topological polar surface area (TPSA) is 99.8 Å². The third-order valence-electron chi connectivity index (χ3n) is 4.01. The highest BCUT2D eigenvalue weighted by atomic mass is 127. The summed E-state index contributed by atoms with van der Waals surface area (Å²) in [5.41, 5.74) is 1.70. The molecule has 0 aliphatic heterocycles. The number of aliphatic imine (C=N–C) groups is 1. The molecule has 2 rings (SSSR count). The van der Waals surface area contributed by atoms with E-state index < -0.39 is 10.0 Å². The van der Waals surface area contributed by atoms with Crippen molar-refractivity contribution < 1.29 is 12.8 Å². The van der Waals surface area contributed by atoms with Gasteiger partial charge < -0.3 is 15.1 Å². The minimum absolute atomic E-state index is 0. The molecule has 0 aliphatic rings. The Bertz CT molecular complexity index is 840. The standard InChI is InChI=1S/C18H27N5O3S.HI/c1-4-27(24,25)23(3)12-8-11-20-18(19-2)21-13-16-14-26-17(22-16)15-9-6-5-7-10-15;/h5-7,9-10,14H,4,8,11-13H2,1-3H3,(H2,19,20,21);1H. The Labute approximate surface area is 183 Å². The molecule has 0 atom stereocenters. The summed E-state index contributed by atoms with van der Waals surface area (Å²) < 4.78 is 30.3. The van der Waals surface area contributed by atoms with Crippen LogP contribution < -0.4 is 10.6 Å². The van der Waals surface area contributed by atoms with Crippen LogP contribution in [-0.2, 0) is 16.6 Å². The van der Waals surface area contributed by atoms with Crippen molar-refractivity contribution in [3.8, 4) is 11.5 Å². The molecule has 0 unspecified atom stereocenters. The molecule has 10 heteroatoms. The van der Waals surface area contributed by atoms with Crippen LogP contribution >= 0.6 is 24.0 Å². The van der Waals surface area contributed by atoms with E-state index in [0.717, 1.165) is 11.3 Å². The SMILES string of the molecule is CCS(=O)(=O)N(C)CCCNC(=NC)NCc1coc(-c2ccccc2)n1.I. The summed E-state index contributed by atoms with van der Waals surface area (Å²) >= 11 is 0. The minimum Gasteiger partial charge on any atom is -0.444 e. The molecule has 0 saturated carbocycles. The van der Waals surface area contributed by atoms with Crippen molar-refractivity contribution in [2.24, 2.45) is 4.99 Å². The van der Waals surface area contributed by atoms with Crippen molar-refractivity contribution in [3.63, 3.8) is 0 Å². The van der Waals surface area contributed by atoms with E-state index >= 15 is 0 Å². The Morgan fingerprint density at radius 2 is 1.96 bits per heavy atom. The maximum Gasteiger partial charge on any atom is 0.226 e. The molecule has 0 spiro atoms. The Morgan fingerprint density at radius 1 is 1.25 bits per heavy atom. The third-order valence-corrected chi connectivity index (χ3v) is 5.88. The number of hydrogen-bond donors (Lipinski definition) is 2. The number of halogens is 1. The number of oxazole rings is 1. The summed E-state index contributed by atoms with van der Waals surface area (Å²) in [6, 6.07) is 9.71. The van der Waals surface area contributed by atoms with E-state index in [9.17, 15) is 8.42 Å². The van der Waals surface area contributed by atoms with Crippen LogP contribution in [0.5, 0.6) is 0 Å². The van der Waals surface area contributed by atoms with Crippen LogP contribution in [0.3, 0.4) is 0 Å². The van der Waals surface area contributed by atoms with Gasteiger partial charge in [0.1, 0.15) is 6.26 Å². The largest absolute Gasteiger partial charge is 0.444 e. The predicted molar refractivity (Wildman–Crippen MR) is 122 cm³/mol. The van der Waals surface area contributed by atoms with Crippen LogP contribution in [0.2, 0.25) is 0 Å². The van der Waals surface area contributed by atoms with Gasteiger partial charge in [-0.25, -0.2) is 17.7 Å². The van der Waals surface area contributed by atoms with E-state index in [-0.39, 0.29) is 29.7 Å². The average molecular weight is 521 g/mol. The van der Waals surface area contributed by atoms with Gasteiger partial charge in [0.05, 0.1) is 18.0 Å². The van der Waals surface area contributed by atoms with Gasteiger partial charge in [-0.1, -0.05) is 18.2 Å². The summed E-state index contributed by atoms with van der Waals surface area (Å²) in [7, 11) is 0.149. The van der Waals surface area contributed by atoms with Gasteiger partial charge in [0, 0.05) is 32.7 Å². The second kappa shape index (κ2) is 12.0. The normalized spacial score (nSPS) is 11.9. The Balaban J connectivity index is 0.00000392. The number of aromatic nitrogens is 1. The maximum atomic E-state index is 11.7. The molecule has 0 radical (unpaired) electrons. The number of sulfonamides is 1. The van der Waals surface area contributed by atoms with Gasteiger partial charge in [0.15, 0.2) is 5.96 Å². The van der Waals surface area contributed by atoms with Gasteiger partial charge in [-0.3, -0.25) is 4.99 Å². The molecule has 0 aliphatic carbocycles. The summed E-state index contributed by atoms with van der Waals surface area (Å²) in [4.78, 5) is 8.61. The van der Waals surface area contributed by atoms with E-state index in [0.29, 0.717) is 37.9 Å². The van der Waals surface area contributed by atoms with E-state index in [1.54, 1.807) is 27.3 Å². The van der Waals surface area contributed by atoms with Crippen molar-refractivity contribution in [2.75, 3.05) is 32.9 Å². The first kappa shape index (κ1) is 24.4. The fourth-order valence-electron chi connectivity index (χ4n) is 2.36. The molecule has 1 heterocycles. The molecule has 2 aromatic rings. The molecule has 0 fully saturated rings. The van der Waals surface area contributed by atoms with Crippen LogP contribution in [0, 0.1) is 0 Å². The number of rotatable bonds is 9. The van der Waals surface area contributed by atoms with E-state index in [1.165, 1.54) is 4.31 Å². The van der Waals surface area contributed by atoms with E-state index in [1.807, 2.05) is 30.3 Å². The lowest BCUT2D eigenvalue weighted by Crippen LogP contribution is -2.38.